The van der Waals surface area contributed by atoms with Crippen LogP contribution < -0.4 is 5.32 Å². The van der Waals surface area contributed by atoms with Crippen LogP contribution in [-0.2, 0) is 4.79 Å². The van der Waals surface area contributed by atoms with E-state index >= 15 is 0 Å². The molecule has 0 spiro atoms. The van der Waals surface area contributed by atoms with E-state index in [-0.39, 0.29) is 5.91 Å². The zero-order chi connectivity index (χ0) is 10.1. The standard InChI is InChI=1S/C10H16N2O/c1-4-10(8-11-5-2)6-7-12-9(3)13/h4,6-8H,5H2,1-3H3,(H,12,13)/b7-6+,10-4-,11-8?. The van der Waals surface area contributed by atoms with E-state index < -0.39 is 0 Å². The first-order valence-electron chi connectivity index (χ1n) is 4.30. The van der Waals surface area contributed by atoms with Crippen LogP contribution in [0.5, 0.6) is 0 Å². The smallest absolute Gasteiger partial charge is 0.220 e. The topological polar surface area (TPSA) is 41.5 Å². The van der Waals surface area contributed by atoms with Crippen LogP contribution in [0.2, 0.25) is 0 Å². The number of carbonyl (C=O) groups excluding carboxylic acids is 1. The molecule has 0 aromatic rings. The second kappa shape index (κ2) is 7.28. The van der Waals surface area contributed by atoms with Crippen molar-refractivity contribution < 1.29 is 4.79 Å². The summed E-state index contributed by atoms with van der Waals surface area (Å²) >= 11 is 0. The summed E-state index contributed by atoms with van der Waals surface area (Å²) in [5, 5.41) is 2.56. The Hall–Kier alpha value is -1.38. The lowest BCUT2D eigenvalue weighted by molar-refractivity contribution is -0.118. The van der Waals surface area contributed by atoms with E-state index in [2.05, 4.69) is 10.3 Å². The molecule has 0 saturated heterocycles. The molecular formula is C10H16N2O. The summed E-state index contributed by atoms with van der Waals surface area (Å²) in [6.45, 7) is 6.14. The van der Waals surface area contributed by atoms with Gasteiger partial charge in [0.25, 0.3) is 0 Å². The van der Waals surface area contributed by atoms with E-state index in [1.807, 2.05) is 19.9 Å². The van der Waals surface area contributed by atoms with Crippen molar-refractivity contribution in [2.45, 2.75) is 20.8 Å². The largest absolute Gasteiger partial charge is 0.333 e. The molecule has 1 N–H and O–H groups in total. The van der Waals surface area contributed by atoms with Gasteiger partial charge >= 0.3 is 0 Å². The molecule has 3 heteroatoms. The Morgan fingerprint density at radius 1 is 1.54 bits per heavy atom. The van der Waals surface area contributed by atoms with Gasteiger partial charge < -0.3 is 5.32 Å². The highest BCUT2D eigenvalue weighted by molar-refractivity contribution is 5.82. The maximum atomic E-state index is 10.5. The molecule has 0 fully saturated rings. The number of amides is 1. The molecule has 1 amide bonds. The van der Waals surface area contributed by atoms with Gasteiger partial charge in [-0.2, -0.15) is 0 Å². The number of allylic oxidation sites excluding steroid dienone is 3. The van der Waals surface area contributed by atoms with Crippen LogP contribution in [0, 0.1) is 0 Å². The Bertz CT molecular complexity index is 239. The second-order valence-corrected chi connectivity index (χ2v) is 2.45. The third kappa shape index (κ3) is 7.00. The van der Waals surface area contributed by atoms with Crippen molar-refractivity contribution in [1.29, 1.82) is 0 Å². The summed E-state index contributed by atoms with van der Waals surface area (Å²) in [5.41, 5.74) is 0.982. The highest BCUT2D eigenvalue weighted by Gasteiger charge is 1.85. The van der Waals surface area contributed by atoms with Gasteiger partial charge in [0, 0.05) is 25.9 Å². The van der Waals surface area contributed by atoms with Crippen LogP contribution in [0.25, 0.3) is 0 Å². The van der Waals surface area contributed by atoms with Crippen LogP contribution in [0.3, 0.4) is 0 Å². The number of rotatable bonds is 4. The molecule has 13 heavy (non-hydrogen) atoms. The summed E-state index contributed by atoms with van der Waals surface area (Å²) in [6.07, 6.45) is 7.12. The van der Waals surface area contributed by atoms with Crippen LogP contribution in [0.15, 0.2) is 28.9 Å². The Labute approximate surface area is 79.3 Å². The highest BCUT2D eigenvalue weighted by atomic mass is 16.1. The third-order valence-corrected chi connectivity index (χ3v) is 1.32. The lowest BCUT2D eigenvalue weighted by atomic mass is 10.3. The Morgan fingerprint density at radius 3 is 2.69 bits per heavy atom. The predicted molar refractivity (Wildman–Crippen MR) is 55.7 cm³/mol. The molecule has 0 aliphatic heterocycles. The van der Waals surface area contributed by atoms with E-state index in [0.717, 1.165) is 12.1 Å². The Morgan fingerprint density at radius 2 is 2.23 bits per heavy atom. The molecule has 3 nitrogen and oxygen atoms in total. The van der Waals surface area contributed by atoms with Crippen molar-refractivity contribution in [2.75, 3.05) is 6.54 Å². The average molecular weight is 180 g/mol. The fourth-order valence-corrected chi connectivity index (χ4v) is 0.666. The molecule has 0 saturated carbocycles. The van der Waals surface area contributed by atoms with Gasteiger partial charge in [0.15, 0.2) is 0 Å². The van der Waals surface area contributed by atoms with E-state index in [0.29, 0.717) is 0 Å². The van der Waals surface area contributed by atoms with Gasteiger partial charge in [-0.25, -0.2) is 0 Å². The number of aliphatic imine (C=N–C) groups is 1. The first kappa shape index (κ1) is 11.6. The van der Waals surface area contributed by atoms with Crippen molar-refractivity contribution >= 4 is 12.1 Å². The number of hydrogen-bond acceptors (Lipinski definition) is 2. The normalized spacial score (nSPS) is 12.7. The third-order valence-electron chi connectivity index (χ3n) is 1.32. The molecular weight excluding hydrogens is 164 g/mol. The summed E-state index contributed by atoms with van der Waals surface area (Å²) in [6, 6.07) is 0. The molecule has 0 heterocycles. The van der Waals surface area contributed by atoms with Crippen LogP contribution >= 0.6 is 0 Å². The minimum atomic E-state index is -0.0702. The quantitative estimate of drug-likeness (QED) is 0.519. The van der Waals surface area contributed by atoms with Gasteiger partial charge in [0.1, 0.15) is 0 Å². The molecule has 0 atom stereocenters. The molecule has 0 unspecified atom stereocenters. The maximum absolute atomic E-state index is 10.5. The van der Waals surface area contributed by atoms with E-state index in [1.54, 1.807) is 18.5 Å². The van der Waals surface area contributed by atoms with Crippen molar-refractivity contribution in [3.05, 3.63) is 23.9 Å². The van der Waals surface area contributed by atoms with Crippen molar-refractivity contribution in [1.82, 2.24) is 5.32 Å². The SMILES string of the molecule is C/C=C(C=NCC)/C=C/NC(C)=O. The van der Waals surface area contributed by atoms with Gasteiger partial charge in [-0.3, -0.25) is 9.79 Å². The average Bonchev–Trinajstić information content (AvgIpc) is 2.10. The van der Waals surface area contributed by atoms with Gasteiger partial charge in [0.2, 0.25) is 5.91 Å². The molecule has 0 rings (SSSR count). The number of nitrogens with one attached hydrogen (secondary N) is 1. The lowest BCUT2D eigenvalue weighted by Crippen LogP contribution is -2.11. The second-order valence-electron chi connectivity index (χ2n) is 2.45. The van der Waals surface area contributed by atoms with Gasteiger partial charge in [0.05, 0.1) is 0 Å². The lowest BCUT2D eigenvalue weighted by Gasteiger charge is -1.92. The maximum Gasteiger partial charge on any atom is 0.220 e. The fraction of sp³-hybridized carbons (Fsp3) is 0.400. The molecule has 0 bridgehead atoms. The first-order valence-corrected chi connectivity index (χ1v) is 4.30. The molecule has 0 radical (unpaired) electrons. The number of hydrogen-bond donors (Lipinski definition) is 1. The minimum Gasteiger partial charge on any atom is -0.333 e. The molecule has 72 valence electrons. The van der Waals surface area contributed by atoms with Gasteiger partial charge in [-0.05, 0) is 25.5 Å². The summed E-state index contributed by atoms with van der Waals surface area (Å²) < 4.78 is 0. The minimum absolute atomic E-state index is 0.0702. The van der Waals surface area contributed by atoms with E-state index in [4.69, 9.17) is 0 Å². The molecule has 0 aromatic carbocycles. The zero-order valence-electron chi connectivity index (χ0n) is 8.37. The van der Waals surface area contributed by atoms with Crippen LogP contribution in [-0.4, -0.2) is 18.7 Å². The first-order chi connectivity index (χ1) is 6.20. The summed E-state index contributed by atoms with van der Waals surface area (Å²) in [5.74, 6) is -0.0702. The Balaban J connectivity index is 4.06. The van der Waals surface area contributed by atoms with Crippen LogP contribution in [0.4, 0.5) is 0 Å². The zero-order valence-corrected chi connectivity index (χ0v) is 8.37. The predicted octanol–water partition coefficient (Wildman–Crippen LogP) is 1.67. The van der Waals surface area contributed by atoms with Crippen molar-refractivity contribution in [3.8, 4) is 0 Å². The molecule has 0 aliphatic rings. The Kier molecular flexibility index (Phi) is 6.51. The monoisotopic (exact) mass is 180 g/mol. The van der Waals surface area contributed by atoms with E-state index in [1.165, 1.54) is 6.92 Å². The summed E-state index contributed by atoms with van der Waals surface area (Å²) in [7, 11) is 0. The number of carbonyl (C=O) groups is 1. The summed E-state index contributed by atoms with van der Waals surface area (Å²) in [4.78, 5) is 14.6. The highest BCUT2D eigenvalue weighted by Crippen LogP contribution is 1.91. The van der Waals surface area contributed by atoms with Crippen LogP contribution in [0.1, 0.15) is 20.8 Å². The molecule has 0 aliphatic carbocycles. The fourth-order valence-electron chi connectivity index (χ4n) is 0.666. The van der Waals surface area contributed by atoms with Crippen molar-refractivity contribution in [3.63, 3.8) is 0 Å². The van der Waals surface area contributed by atoms with Gasteiger partial charge in [-0.1, -0.05) is 6.08 Å². The number of nitrogens with zero attached hydrogens (tertiary/aromatic N) is 1. The van der Waals surface area contributed by atoms with Gasteiger partial charge in [-0.15, -0.1) is 0 Å². The molecule has 0 aromatic heterocycles. The van der Waals surface area contributed by atoms with Crippen molar-refractivity contribution in [2.24, 2.45) is 4.99 Å². The van der Waals surface area contributed by atoms with E-state index in [9.17, 15) is 4.79 Å².